The van der Waals surface area contributed by atoms with E-state index in [-0.39, 0.29) is 10.7 Å². The number of fused-ring (bicyclic) bond motifs is 1. The van der Waals surface area contributed by atoms with E-state index in [2.05, 4.69) is 52.4 Å². The molecule has 0 saturated carbocycles. The molecule has 0 unspecified atom stereocenters. The highest BCUT2D eigenvalue weighted by atomic mass is 32.2. The van der Waals surface area contributed by atoms with E-state index in [0.717, 1.165) is 55.9 Å². The van der Waals surface area contributed by atoms with E-state index in [9.17, 15) is 4.79 Å². The van der Waals surface area contributed by atoms with E-state index in [1.54, 1.807) is 31.3 Å². The van der Waals surface area contributed by atoms with E-state index >= 15 is 0 Å². The van der Waals surface area contributed by atoms with Crippen molar-refractivity contribution in [2.75, 3.05) is 7.11 Å². The summed E-state index contributed by atoms with van der Waals surface area (Å²) < 4.78 is 13.4. The third-order valence-electron chi connectivity index (χ3n) is 6.98. The predicted octanol–water partition coefficient (Wildman–Crippen LogP) is 7.34. The Morgan fingerprint density at radius 2 is 1.69 bits per heavy atom. The molecule has 3 heterocycles. The van der Waals surface area contributed by atoms with Gasteiger partial charge in [0.25, 0.3) is 0 Å². The van der Waals surface area contributed by atoms with Gasteiger partial charge in [-0.3, -0.25) is 4.98 Å². The summed E-state index contributed by atoms with van der Waals surface area (Å²) >= 11 is 1.79. The lowest BCUT2D eigenvalue weighted by Crippen LogP contribution is -2.13. The normalized spacial score (nSPS) is 12.3. The molecule has 0 bridgehead atoms. The second-order valence-corrected chi connectivity index (χ2v) is 13.2. The van der Waals surface area contributed by atoms with E-state index in [1.165, 1.54) is 0 Å². The maximum atomic E-state index is 12.7. The molecule has 5 aromatic rings. The van der Waals surface area contributed by atoms with Crippen LogP contribution in [0.4, 0.5) is 0 Å². The first-order valence-electron chi connectivity index (χ1n) is 13.9. The largest absolute Gasteiger partial charge is 0.494 e. The lowest BCUT2D eigenvalue weighted by atomic mass is 9.96. The number of pyridine rings is 1. The molecule has 0 aliphatic carbocycles. The second kappa shape index (κ2) is 12.4. The van der Waals surface area contributed by atoms with Crippen LogP contribution in [0.1, 0.15) is 49.2 Å². The number of thioether (sulfide) groups is 1. The minimum Gasteiger partial charge on any atom is -0.494 e. The van der Waals surface area contributed by atoms with Gasteiger partial charge in [0.05, 0.1) is 31.1 Å². The topological polar surface area (TPSA) is 79.1 Å². The zero-order valence-electron chi connectivity index (χ0n) is 24.9. The highest BCUT2D eigenvalue weighted by Gasteiger charge is 2.27. The zero-order chi connectivity index (χ0) is 29.9. The Morgan fingerprint density at radius 3 is 2.31 bits per heavy atom. The average Bonchev–Trinajstić information content (AvgIpc) is 3.25. The fraction of sp³-hybridized carbons (Fsp3) is 0.294. The Hall–Kier alpha value is -4.17. The zero-order valence-corrected chi connectivity index (χ0v) is 25.7. The Morgan fingerprint density at radius 1 is 0.952 bits per heavy atom. The van der Waals surface area contributed by atoms with Crippen molar-refractivity contribution in [3.05, 3.63) is 95.7 Å². The van der Waals surface area contributed by atoms with Crippen molar-refractivity contribution in [1.82, 2.24) is 19.5 Å². The molecule has 8 heteroatoms. The van der Waals surface area contributed by atoms with Crippen molar-refractivity contribution >= 4 is 29.0 Å². The first kappa shape index (κ1) is 29.3. The molecule has 0 aliphatic rings. The number of rotatable bonds is 10. The summed E-state index contributed by atoms with van der Waals surface area (Å²) in [6.45, 7) is 8.99. The number of methoxy groups -OCH3 is 1. The van der Waals surface area contributed by atoms with Gasteiger partial charge in [0.1, 0.15) is 18.6 Å². The average molecular weight is 581 g/mol. The van der Waals surface area contributed by atoms with E-state index in [0.29, 0.717) is 24.6 Å². The van der Waals surface area contributed by atoms with Crippen LogP contribution in [0.2, 0.25) is 0 Å². The fourth-order valence-corrected chi connectivity index (χ4v) is 6.17. The summed E-state index contributed by atoms with van der Waals surface area (Å²) in [4.78, 5) is 27.0. The van der Waals surface area contributed by atoms with Gasteiger partial charge in [-0.25, -0.2) is 9.97 Å². The maximum absolute atomic E-state index is 12.7. The lowest BCUT2D eigenvalue weighted by Gasteiger charge is -2.21. The summed E-state index contributed by atoms with van der Waals surface area (Å²) in [6.07, 6.45) is 6.81. The Bertz CT molecular complexity index is 1670. The second-order valence-electron chi connectivity index (χ2n) is 11.4. The number of hydrogen-bond donors (Lipinski definition) is 0. The van der Waals surface area contributed by atoms with Gasteiger partial charge in [0.15, 0.2) is 11.6 Å². The molecule has 0 N–H and O–H groups in total. The molecule has 0 aliphatic heterocycles. The molecule has 7 nitrogen and oxygen atoms in total. The van der Waals surface area contributed by atoms with Crippen molar-refractivity contribution < 1.29 is 14.3 Å². The van der Waals surface area contributed by atoms with Crippen molar-refractivity contribution in [2.24, 2.45) is 7.05 Å². The molecule has 0 saturated heterocycles. The van der Waals surface area contributed by atoms with Gasteiger partial charge in [-0.15, -0.1) is 11.8 Å². The number of aromatic nitrogens is 4. The Kier molecular flexibility index (Phi) is 8.64. The van der Waals surface area contributed by atoms with Crippen LogP contribution in [0.3, 0.4) is 0 Å². The molecule has 5 rings (SSSR count). The summed E-state index contributed by atoms with van der Waals surface area (Å²) in [5.74, 6) is 1.70. The number of carbonyl (C=O) groups excluding carboxylic acids is 1. The number of aryl methyl sites for hydroxylation is 2. The van der Waals surface area contributed by atoms with Gasteiger partial charge >= 0.3 is 0 Å². The summed E-state index contributed by atoms with van der Waals surface area (Å²) in [7, 11) is 3.64. The van der Waals surface area contributed by atoms with E-state index in [4.69, 9.17) is 9.47 Å². The molecule has 0 spiro atoms. The molecule has 0 amide bonds. The van der Waals surface area contributed by atoms with Crippen molar-refractivity contribution in [1.29, 1.82) is 0 Å². The van der Waals surface area contributed by atoms with Gasteiger partial charge in [-0.1, -0.05) is 51.1 Å². The number of nitrogens with zero attached hydrogens (tertiary/aromatic N) is 4. The van der Waals surface area contributed by atoms with Crippen LogP contribution in [0.5, 0.6) is 11.5 Å². The summed E-state index contributed by atoms with van der Waals surface area (Å²) in [5.41, 5.74) is 6.05. The number of benzene rings is 2. The lowest BCUT2D eigenvalue weighted by molar-refractivity contribution is -0.109. The molecule has 0 radical (unpaired) electrons. The number of ether oxygens (including phenoxy) is 2. The van der Waals surface area contributed by atoms with Crippen LogP contribution < -0.4 is 9.47 Å². The van der Waals surface area contributed by atoms with Crippen molar-refractivity contribution in [3.63, 3.8) is 0 Å². The molecule has 2 aromatic carbocycles. The van der Waals surface area contributed by atoms with Crippen LogP contribution in [0.15, 0.2) is 78.1 Å². The first-order valence-corrected chi connectivity index (χ1v) is 14.7. The van der Waals surface area contributed by atoms with Gasteiger partial charge in [-0.05, 0) is 48.7 Å². The molecule has 3 aromatic heterocycles. The van der Waals surface area contributed by atoms with Gasteiger partial charge in [0, 0.05) is 45.0 Å². The molecular weight excluding hydrogens is 544 g/mol. The van der Waals surface area contributed by atoms with Gasteiger partial charge in [0.2, 0.25) is 0 Å². The quantitative estimate of drug-likeness (QED) is 0.126. The van der Waals surface area contributed by atoms with Crippen LogP contribution in [0, 0.1) is 6.92 Å². The first-order chi connectivity index (χ1) is 20.1. The molecule has 216 valence electrons. The SMILES string of the molecule is COc1cnc(-c2ccc(C[C@@H](C=O)c3c(SC(C)(C)C)c4cc(OCc5ccc(C)cn5)ccc4n3C)cc2)nc1. The standard InChI is InChI=1S/C34H36N4O3S/c1-22-7-12-26(35-17-22)21-41-27-13-14-30-29(16-27)32(42-34(2,3)4)31(38(30)5)25(20-39)15-23-8-10-24(11-9-23)33-36-18-28(40-6)19-37-33/h7-14,16-20,25H,15,21H2,1-6H3/t25-/m0/s1. The summed E-state index contributed by atoms with van der Waals surface area (Å²) in [6, 6.07) is 18.3. The number of carbonyl (C=O) groups is 1. The smallest absolute Gasteiger partial charge is 0.159 e. The predicted molar refractivity (Wildman–Crippen MR) is 168 cm³/mol. The number of aldehydes is 1. The Balaban J connectivity index is 1.45. The molecule has 1 atom stereocenters. The van der Waals surface area contributed by atoms with Crippen LogP contribution in [-0.2, 0) is 24.9 Å². The summed E-state index contributed by atoms with van der Waals surface area (Å²) in [5, 5.41) is 1.08. The Labute approximate surface area is 251 Å². The monoisotopic (exact) mass is 580 g/mol. The molecule has 0 fully saturated rings. The molecular formula is C34H36N4O3S. The van der Waals surface area contributed by atoms with Gasteiger partial charge < -0.3 is 18.8 Å². The minimum absolute atomic E-state index is 0.0564. The third kappa shape index (κ3) is 6.65. The maximum Gasteiger partial charge on any atom is 0.159 e. The van der Waals surface area contributed by atoms with E-state index < -0.39 is 0 Å². The van der Waals surface area contributed by atoms with Gasteiger partial charge in [-0.2, -0.15) is 0 Å². The van der Waals surface area contributed by atoms with Crippen molar-refractivity contribution in [2.45, 2.75) is 56.3 Å². The van der Waals surface area contributed by atoms with Crippen molar-refractivity contribution in [3.8, 4) is 22.9 Å². The highest BCUT2D eigenvalue weighted by molar-refractivity contribution is 8.00. The fourth-order valence-electron chi connectivity index (χ4n) is 4.89. The highest BCUT2D eigenvalue weighted by Crippen LogP contribution is 2.44. The molecule has 42 heavy (non-hydrogen) atoms. The number of hydrogen-bond acceptors (Lipinski definition) is 7. The van der Waals surface area contributed by atoms with E-state index in [1.807, 2.05) is 62.6 Å². The minimum atomic E-state index is -0.323. The third-order valence-corrected chi connectivity index (χ3v) is 8.23. The van der Waals surface area contributed by atoms with Crippen LogP contribution in [0.25, 0.3) is 22.3 Å². The van der Waals surface area contributed by atoms with Crippen LogP contribution in [-0.4, -0.2) is 37.7 Å². The van der Waals surface area contributed by atoms with Crippen LogP contribution >= 0.6 is 11.8 Å².